The molecular weight excluding hydrogens is 258 g/mol. The van der Waals surface area contributed by atoms with Crippen molar-refractivity contribution in [3.63, 3.8) is 0 Å². The molecule has 0 atom stereocenters. The van der Waals surface area contributed by atoms with Gasteiger partial charge in [-0.3, -0.25) is 4.79 Å². The lowest BCUT2D eigenvalue weighted by atomic mass is 9.98. The Hall–Kier alpha value is -1.31. The molecule has 1 rings (SSSR count). The van der Waals surface area contributed by atoms with Gasteiger partial charge in [-0.15, -0.1) is 0 Å². The first-order chi connectivity index (χ1) is 10.1. The molecule has 0 spiro atoms. The SMILES string of the molecule is CCCCCCCCC(=O)Nc1c(C)cccc1C(C)C. The van der Waals surface area contributed by atoms with Crippen molar-refractivity contribution < 1.29 is 4.79 Å². The Kier molecular flexibility index (Phi) is 8.11. The van der Waals surface area contributed by atoms with Crippen molar-refractivity contribution in [3.05, 3.63) is 29.3 Å². The van der Waals surface area contributed by atoms with E-state index in [1.165, 1.54) is 31.2 Å². The van der Waals surface area contributed by atoms with Gasteiger partial charge in [0.1, 0.15) is 0 Å². The summed E-state index contributed by atoms with van der Waals surface area (Å²) in [5.74, 6) is 0.580. The zero-order valence-corrected chi connectivity index (χ0v) is 14.2. The summed E-state index contributed by atoms with van der Waals surface area (Å²) >= 11 is 0. The molecule has 118 valence electrons. The molecule has 0 aliphatic heterocycles. The minimum absolute atomic E-state index is 0.154. The van der Waals surface area contributed by atoms with Crippen LogP contribution in [0.5, 0.6) is 0 Å². The van der Waals surface area contributed by atoms with E-state index >= 15 is 0 Å². The Bertz CT molecular complexity index is 437. The highest BCUT2D eigenvalue weighted by Gasteiger charge is 2.11. The Morgan fingerprint density at radius 2 is 1.76 bits per heavy atom. The summed E-state index contributed by atoms with van der Waals surface area (Å²) in [6.45, 7) is 8.62. The molecule has 0 aromatic heterocycles. The van der Waals surface area contributed by atoms with Gasteiger partial charge < -0.3 is 5.32 Å². The van der Waals surface area contributed by atoms with Crippen LogP contribution in [0.2, 0.25) is 0 Å². The maximum absolute atomic E-state index is 12.1. The second-order valence-electron chi connectivity index (χ2n) is 6.26. The zero-order chi connectivity index (χ0) is 15.7. The molecule has 0 saturated carbocycles. The van der Waals surface area contributed by atoms with E-state index < -0.39 is 0 Å². The molecule has 1 amide bonds. The fraction of sp³-hybridized carbons (Fsp3) is 0.632. The fourth-order valence-corrected chi connectivity index (χ4v) is 2.61. The van der Waals surface area contributed by atoms with Crippen molar-refractivity contribution in [1.29, 1.82) is 0 Å². The Labute approximate surface area is 130 Å². The first-order valence-corrected chi connectivity index (χ1v) is 8.45. The fourth-order valence-electron chi connectivity index (χ4n) is 2.61. The summed E-state index contributed by atoms with van der Waals surface area (Å²) < 4.78 is 0. The maximum atomic E-state index is 12.1. The van der Waals surface area contributed by atoms with Gasteiger partial charge in [-0.05, 0) is 30.4 Å². The lowest BCUT2D eigenvalue weighted by molar-refractivity contribution is -0.116. The largest absolute Gasteiger partial charge is 0.326 e. The number of benzene rings is 1. The highest BCUT2D eigenvalue weighted by atomic mass is 16.1. The van der Waals surface area contributed by atoms with Gasteiger partial charge in [-0.25, -0.2) is 0 Å². The average molecular weight is 289 g/mol. The maximum Gasteiger partial charge on any atom is 0.224 e. The molecule has 0 unspecified atom stereocenters. The van der Waals surface area contributed by atoms with Gasteiger partial charge in [0.05, 0.1) is 0 Å². The van der Waals surface area contributed by atoms with Crippen LogP contribution in [-0.2, 0) is 4.79 Å². The Balaban J connectivity index is 2.44. The van der Waals surface area contributed by atoms with Gasteiger partial charge in [0.2, 0.25) is 5.91 Å². The molecule has 1 N–H and O–H groups in total. The van der Waals surface area contributed by atoms with E-state index in [4.69, 9.17) is 0 Å². The number of aryl methyl sites for hydroxylation is 1. The van der Waals surface area contributed by atoms with Gasteiger partial charge in [0.15, 0.2) is 0 Å². The molecule has 1 aromatic carbocycles. The number of rotatable bonds is 9. The van der Waals surface area contributed by atoms with Crippen LogP contribution < -0.4 is 5.32 Å². The van der Waals surface area contributed by atoms with Crippen LogP contribution in [0.4, 0.5) is 5.69 Å². The van der Waals surface area contributed by atoms with E-state index in [-0.39, 0.29) is 5.91 Å². The summed E-state index contributed by atoms with van der Waals surface area (Å²) in [6.07, 6.45) is 7.93. The summed E-state index contributed by atoms with van der Waals surface area (Å²) in [7, 11) is 0. The lowest BCUT2D eigenvalue weighted by Crippen LogP contribution is -2.14. The number of hydrogen-bond acceptors (Lipinski definition) is 1. The van der Waals surface area contributed by atoms with Crippen LogP contribution in [0.3, 0.4) is 0 Å². The Morgan fingerprint density at radius 1 is 1.10 bits per heavy atom. The smallest absolute Gasteiger partial charge is 0.224 e. The number of carbonyl (C=O) groups excluding carboxylic acids is 1. The first-order valence-electron chi connectivity index (χ1n) is 8.45. The highest BCUT2D eigenvalue weighted by molar-refractivity contribution is 5.92. The number of para-hydroxylation sites is 1. The van der Waals surface area contributed by atoms with Crippen LogP contribution in [0.1, 0.15) is 82.8 Å². The molecule has 0 bridgehead atoms. The molecule has 0 fully saturated rings. The van der Waals surface area contributed by atoms with Crippen LogP contribution in [-0.4, -0.2) is 5.91 Å². The van der Waals surface area contributed by atoms with Gasteiger partial charge in [-0.1, -0.05) is 71.1 Å². The van der Waals surface area contributed by atoms with Crippen molar-refractivity contribution in [2.75, 3.05) is 5.32 Å². The molecule has 2 nitrogen and oxygen atoms in total. The third-order valence-electron chi connectivity index (χ3n) is 3.95. The number of carbonyl (C=O) groups is 1. The Morgan fingerprint density at radius 3 is 2.43 bits per heavy atom. The van der Waals surface area contributed by atoms with Crippen molar-refractivity contribution in [2.24, 2.45) is 0 Å². The normalized spacial score (nSPS) is 10.9. The second-order valence-corrected chi connectivity index (χ2v) is 6.26. The second kappa shape index (κ2) is 9.59. The van der Waals surface area contributed by atoms with E-state index in [0.717, 1.165) is 24.1 Å². The quantitative estimate of drug-likeness (QED) is 0.571. The molecule has 0 heterocycles. The van der Waals surface area contributed by atoms with Crippen LogP contribution in [0, 0.1) is 6.92 Å². The van der Waals surface area contributed by atoms with E-state index in [1.807, 2.05) is 0 Å². The predicted octanol–water partition coefficient (Wildman–Crippen LogP) is 5.81. The topological polar surface area (TPSA) is 29.1 Å². The third-order valence-corrected chi connectivity index (χ3v) is 3.95. The summed E-state index contributed by atoms with van der Waals surface area (Å²) in [5, 5.41) is 3.12. The highest BCUT2D eigenvalue weighted by Crippen LogP contribution is 2.27. The van der Waals surface area contributed by atoms with Gasteiger partial charge >= 0.3 is 0 Å². The summed E-state index contributed by atoms with van der Waals surface area (Å²) in [5.41, 5.74) is 3.40. The molecular formula is C19H31NO. The van der Waals surface area contributed by atoms with Gasteiger partial charge in [0.25, 0.3) is 0 Å². The standard InChI is InChI=1S/C19H31NO/c1-5-6-7-8-9-10-14-18(21)20-19-16(4)12-11-13-17(19)15(2)3/h11-13,15H,5-10,14H2,1-4H3,(H,20,21). The van der Waals surface area contributed by atoms with Crippen molar-refractivity contribution in [3.8, 4) is 0 Å². The molecule has 0 saturated heterocycles. The molecule has 2 heteroatoms. The molecule has 1 aromatic rings. The van der Waals surface area contributed by atoms with Crippen LogP contribution >= 0.6 is 0 Å². The van der Waals surface area contributed by atoms with Crippen LogP contribution in [0.25, 0.3) is 0 Å². The van der Waals surface area contributed by atoms with Crippen LogP contribution in [0.15, 0.2) is 18.2 Å². The summed E-state index contributed by atoms with van der Waals surface area (Å²) in [4.78, 5) is 12.1. The zero-order valence-electron chi connectivity index (χ0n) is 14.2. The number of unbranched alkanes of at least 4 members (excludes halogenated alkanes) is 5. The molecule has 0 radical (unpaired) electrons. The molecule has 0 aliphatic rings. The minimum atomic E-state index is 0.154. The average Bonchev–Trinajstić information content (AvgIpc) is 2.44. The van der Waals surface area contributed by atoms with Gasteiger partial charge in [-0.2, -0.15) is 0 Å². The van der Waals surface area contributed by atoms with E-state index in [2.05, 4.69) is 51.2 Å². The van der Waals surface area contributed by atoms with Crippen molar-refractivity contribution in [2.45, 2.75) is 78.6 Å². The van der Waals surface area contributed by atoms with Gasteiger partial charge in [0, 0.05) is 12.1 Å². The van der Waals surface area contributed by atoms with E-state index in [0.29, 0.717) is 12.3 Å². The minimum Gasteiger partial charge on any atom is -0.326 e. The molecule has 21 heavy (non-hydrogen) atoms. The summed E-state index contributed by atoms with van der Waals surface area (Å²) in [6, 6.07) is 6.23. The first kappa shape index (κ1) is 17.7. The number of anilines is 1. The number of amides is 1. The third kappa shape index (κ3) is 6.33. The number of nitrogens with one attached hydrogen (secondary N) is 1. The van der Waals surface area contributed by atoms with E-state index in [9.17, 15) is 4.79 Å². The van der Waals surface area contributed by atoms with Crippen molar-refractivity contribution >= 4 is 11.6 Å². The number of hydrogen-bond donors (Lipinski definition) is 1. The predicted molar refractivity (Wildman–Crippen MR) is 91.9 cm³/mol. The van der Waals surface area contributed by atoms with E-state index in [1.54, 1.807) is 0 Å². The molecule has 0 aliphatic carbocycles. The van der Waals surface area contributed by atoms with Crippen molar-refractivity contribution in [1.82, 2.24) is 0 Å². The monoisotopic (exact) mass is 289 g/mol. The lowest BCUT2D eigenvalue weighted by Gasteiger charge is -2.16.